The van der Waals surface area contributed by atoms with E-state index in [1.165, 1.54) is 0 Å². The number of rotatable bonds is 4. The quantitative estimate of drug-likeness (QED) is 0.791. The molecule has 0 aliphatic carbocycles. The van der Waals surface area contributed by atoms with Crippen LogP contribution in [0, 0.1) is 13.8 Å². The van der Waals surface area contributed by atoms with Crippen LogP contribution < -0.4 is 4.74 Å². The summed E-state index contributed by atoms with van der Waals surface area (Å²) in [5.41, 5.74) is 3.59. The predicted molar refractivity (Wildman–Crippen MR) is 73.7 cm³/mol. The minimum absolute atomic E-state index is 0.0644. The molecule has 0 radical (unpaired) electrons. The molecular weight excluding hydrogens is 240 g/mol. The van der Waals surface area contributed by atoms with E-state index in [2.05, 4.69) is 5.10 Å². The summed E-state index contributed by atoms with van der Waals surface area (Å²) in [6, 6.07) is 5.86. The van der Waals surface area contributed by atoms with Crippen molar-refractivity contribution in [2.24, 2.45) is 7.05 Å². The second kappa shape index (κ2) is 5.26. The van der Waals surface area contributed by atoms with Crippen LogP contribution >= 0.6 is 0 Å². The van der Waals surface area contributed by atoms with Gasteiger partial charge in [-0.05, 0) is 19.9 Å². The molecule has 1 heterocycles. The van der Waals surface area contributed by atoms with Crippen molar-refractivity contribution < 1.29 is 9.53 Å². The first-order chi connectivity index (χ1) is 9.02. The molecule has 2 rings (SSSR count). The van der Waals surface area contributed by atoms with E-state index in [1.54, 1.807) is 18.0 Å². The Balaban J connectivity index is 2.28. The Kier molecular flexibility index (Phi) is 3.69. The SMILES string of the molecule is COc1ccc(C)cc1CC(=O)c1cnn(C)c1C. The number of carbonyl (C=O) groups is 1. The van der Waals surface area contributed by atoms with Crippen molar-refractivity contribution in [1.29, 1.82) is 0 Å². The topological polar surface area (TPSA) is 44.1 Å². The van der Waals surface area contributed by atoms with Gasteiger partial charge in [0.2, 0.25) is 0 Å². The van der Waals surface area contributed by atoms with Gasteiger partial charge in [0, 0.05) is 24.7 Å². The molecule has 2 aromatic rings. The van der Waals surface area contributed by atoms with Gasteiger partial charge in [0.15, 0.2) is 5.78 Å². The van der Waals surface area contributed by atoms with Crippen molar-refractivity contribution in [3.05, 3.63) is 46.8 Å². The molecule has 19 heavy (non-hydrogen) atoms. The molecule has 0 aliphatic rings. The molecule has 4 nitrogen and oxygen atoms in total. The Hall–Kier alpha value is -2.10. The number of ether oxygens (including phenoxy) is 1. The first-order valence-electron chi connectivity index (χ1n) is 6.18. The normalized spacial score (nSPS) is 10.5. The van der Waals surface area contributed by atoms with Crippen LogP contribution in [0.5, 0.6) is 5.75 Å². The second-order valence-electron chi connectivity index (χ2n) is 4.68. The highest BCUT2D eigenvalue weighted by Gasteiger charge is 2.15. The van der Waals surface area contributed by atoms with E-state index in [-0.39, 0.29) is 5.78 Å². The van der Waals surface area contributed by atoms with Gasteiger partial charge in [-0.2, -0.15) is 5.10 Å². The van der Waals surface area contributed by atoms with Crippen LogP contribution in [0.25, 0.3) is 0 Å². The molecule has 0 saturated carbocycles. The smallest absolute Gasteiger partial charge is 0.170 e. The van der Waals surface area contributed by atoms with Gasteiger partial charge in [-0.3, -0.25) is 9.48 Å². The lowest BCUT2D eigenvalue weighted by Gasteiger charge is -2.08. The number of hydrogen-bond acceptors (Lipinski definition) is 3. The van der Waals surface area contributed by atoms with Gasteiger partial charge in [0.05, 0.1) is 18.9 Å². The Morgan fingerprint density at radius 2 is 2.11 bits per heavy atom. The number of aryl methyl sites for hydroxylation is 2. The van der Waals surface area contributed by atoms with Gasteiger partial charge in [0.1, 0.15) is 5.75 Å². The standard InChI is InChI=1S/C15H18N2O2/c1-10-5-6-15(19-4)12(7-10)8-14(18)13-9-16-17(3)11(13)2/h5-7,9H,8H2,1-4H3. The third-order valence-corrected chi connectivity index (χ3v) is 3.32. The molecule has 0 atom stereocenters. The molecule has 0 bridgehead atoms. The van der Waals surface area contributed by atoms with E-state index in [0.717, 1.165) is 22.6 Å². The first-order valence-corrected chi connectivity index (χ1v) is 6.18. The lowest BCUT2D eigenvalue weighted by Crippen LogP contribution is -2.07. The molecule has 0 fully saturated rings. The third-order valence-electron chi connectivity index (χ3n) is 3.32. The number of Topliss-reactive ketones (excluding diaryl/α,β-unsaturated/α-hetero) is 1. The zero-order chi connectivity index (χ0) is 14.0. The Morgan fingerprint density at radius 3 is 2.68 bits per heavy atom. The summed E-state index contributed by atoms with van der Waals surface area (Å²) < 4.78 is 7.01. The zero-order valence-corrected chi connectivity index (χ0v) is 11.7. The van der Waals surface area contributed by atoms with E-state index in [0.29, 0.717) is 12.0 Å². The average molecular weight is 258 g/mol. The third kappa shape index (κ3) is 2.67. The number of nitrogens with zero attached hydrogens (tertiary/aromatic N) is 2. The number of aromatic nitrogens is 2. The van der Waals surface area contributed by atoms with Crippen molar-refractivity contribution in [2.45, 2.75) is 20.3 Å². The fourth-order valence-electron chi connectivity index (χ4n) is 2.09. The molecule has 0 aliphatic heterocycles. The summed E-state index contributed by atoms with van der Waals surface area (Å²) in [4.78, 5) is 12.3. The van der Waals surface area contributed by atoms with Gasteiger partial charge >= 0.3 is 0 Å². The lowest BCUT2D eigenvalue weighted by molar-refractivity contribution is 0.0991. The molecular formula is C15H18N2O2. The highest BCUT2D eigenvalue weighted by atomic mass is 16.5. The van der Waals surface area contributed by atoms with Crippen molar-refractivity contribution >= 4 is 5.78 Å². The fourth-order valence-corrected chi connectivity index (χ4v) is 2.09. The predicted octanol–water partition coefficient (Wildman–Crippen LogP) is 2.47. The average Bonchev–Trinajstić information content (AvgIpc) is 2.70. The van der Waals surface area contributed by atoms with E-state index >= 15 is 0 Å². The second-order valence-corrected chi connectivity index (χ2v) is 4.68. The van der Waals surface area contributed by atoms with Crippen LogP contribution in [0.2, 0.25) is 0 Å². The van der Waals surface area contributed by atoms with Crippen LogP contribution in [0.1, 0.15) is 27.2 Å². The van der Waals surface area contributed by atoms with E-state index in [4.69, 9.17) is 4.74 Å². The van der Waals surface area contributed by atoms with Gasteiger partial charge < -0.3 is 4.74 Å². The summed E-state index contributed by atoms with van der Waals surface area (Å²) >= 11 is 0. The van der Waals surface area contributed by atoms with E-state index < -0.39 is 0 Å². The van der Waals surface area contributed by atoms with Crippen LogP contribution in [0.3, 0.4) is 0 Å². The van der Waals surface area contributed by atoms with Crippen LogP contribution in [-0.4, -0.2) is 22.7 Å². The molecule has 0 N–H and O–H groups in total. The van der Waals surface area contributed by atoms with Gasteiger partial charge in [0.25, 0.3) is 0 Å². The van der Waals surface area contributed by atoms with Crippen molar-refractivity contribution in [1.82, 2.24) is 9.78 Å². The van der Waals surface area contributed by atoms with Gasteiger partial charge in [-0.25, -0.2) is 0 Å². The molecule has 100 valence electrons. The highest BCUT2D eigenvalue weighted by molar-refractivity contribution is 5.98. The Labute approximate surface area is 113 Å². The van der Waals surface area contributed by atoms with Gasteiger partial charge in [-0.1, -0.05) is 17.7 Å². The number of carbonyl (C=O) groups excluding carboxylic acids is 1. The summed E-state index contributed by atoms with van der Waals surface area (Å²) in [6.07, 6.45) is 1.96. The fraction of sp³-hybridized carbons (Fsp3) is 0.333. The summed E-state index contributed by atoms with van der Waals surface area (Å²) in [6.45, 7) is 3.90. The number of benzene rings is 1. The minimum atomic E-state index is 0.0644. The molecule has 1 aromatic carbocycles. The minimum Gasteiger partial charge on any atom is -0.496 e. The molecule has 1 aromatic heterocycles. The van der Waals surface area contributed by atoms with E-state index in [9.17, 15) is 4.79 Å². The van der Waals surface area contributed by atoms with E-state index in [1.807, 2.05) is 39.1 Å². The van der Waals surface area contributed by atoms with Gasteiger partial charge in [-0.15, -0.1) is 0 Å². The van der Waals surface area contributed by atoms with Crippen molar-refractivity contribution in [3.63, 3.8) is 0 Å². The molecule has 4 heteroatoms. The van der Waals surface area contributed by atoms with Crippen LogP contribution in [0.4, 0.5) is 0 Å². The largest absolute Gasteiger partial charge is 0.496 e. The number of methoxy groups -OCH3 is 1. The number of ketones is 1. The summed E-state index contributed by atoms with van der Waals surface area (Å²) in [5, 5.41) is 4.10. The monoisotopic (exact) mass is 258 g/mol. The highest BCUT2D eigenvalue weighted by Crippen LogP contribution is 2.22. The molecule has 0 spiro atoms. The summed E-state index contributed by atoms with van der Waals surface area (Å²) in [5.74, 6) is 0.815. The molecule has 0 saturated heterocycles. The Morgan fingerprint density at radius 1 is 1.37 bits per heavy atom. The maximum Gasteiger partial charge on any atom is 0.170 e. The maximum atomic E-state index is 12.3. The molecule has 0 amide bonds. The maximum absolute atomic E-state index is 12.3. The summed E-state index contributed by atoms with van der Waals surface area (Å²) in [7, 11) is 3.45. The van der Waals surface area contributed by atoms with Crippen LogP contribution in [-0.2, 0) is 13.5 Å². The first kappa shape index (κ1) is 13.3. The molecule has 0 unspecified atom stereocenters. The Bertz CT molecular complexity index is 615. The zero-order valence-electron chi connectivity index (χ0n) is 11.7. The lowest BCUT2D eigenvalue weighted by atomic mass is 10.0. The number of hydrogen-bond donors (Lipinski definition) is 0. The van der Waals surface area contributed by atoms with Crippen molar-refractivity contribution in [3.8, 4) is 5.75 Å². The van der Waals surface area contributed by atoms with Crippen molar-refractivity contribution in [2.75, 3.05) is 7.11 Å². The van der Waals surface area contributed by atoms with Crippen LogP contribution in [0.15, 0.2) is 24.4 Å².